The van der Waals surface area contributed by atoms with Crippen molar-refractivity contribution in [3.63, 3.8) is 0 Å². The number of nitrogens with two attached hydrogens (primary N) is 1. The molecular weight excluding hydrogens is 238 g/mol. The molecule has 1 amide bonds. The van der Waals surface area contributed by atoms with Crippen LogP contribution in [0.15, 0.2) is 0 Å². The molecule has 4 heteroatoms. The van der Waals surface area contributed by atoms with Crippen molar-refractivity contribution in [3.8, 4) is 0 Å². The first-order valence-electron chi connectivity index (χ1n) is 7.69. The van der Waals surface area contributed by atoms with Gasteiger partial charge >= 0.3 is 0 Å². The molecule has 2 fully saturated rings. The minimum Gasteiger partial charge on any atom is -0.338 e. The van der Waals surface area contributed by atoms with Gasteiger partial charge in [-0.15, -0.1) is 0 Å². The lowest BCUT2D eigenvalue weighted by molar-refractivity contribution is -0.132. The van der Waals surface area contributed by atoms with Crippen LogP contribution in [0.2, 0.25) is 0 Å². The van der Waals surface area contributed by atoms with Crippen LogP contribution >= 0.6 is 0 Å². The highest BCUT2D eigenvalue weighted by atomic mass is 16.2. The second-order valence-corrected chi connectivity index (χ2v) is 6.70. The van der Waals surface area contributed by atoms with E-state index in [9.17, 15) is 4.79 Å². The van der Waals surface area contributed by atoms with Crippen LogP contribution in [-0.2, 0) is 4.79 Å². The van der Waals surface area contributed by atoms with Crippen LogP contribution < -0.4 is 5.73 Å². The number of hydrogen-bond donors (Lipinski definition) is 1. The molecule has 1 aliphatic carbocycles. The van der Waals surface area contributed by atoms with Gasteiger partial charge in [0, 0.05) is 24.7 Å². The third-order valence-corrected chi connectivity index (χ3v) is 5.17. The first-order valence-corrected chi connectivity index (χ1v) is 7.69. The largest absolute Gasteiger partial charge is 0.338 e. The predicted molar refractivity (Wildman–Crippen MR) is 77.8 cm³/mol. The van der Waals surface area contributed by atoms with Gasteiger partial charge < -0.3 is 15.5 Å². The molecule has 2 rings (SSSR count). The number of nitrogens with zero attached hydrogens (tertiary/aromatic N) is 2. The summed E-state index contributed by atoms with van der Waals surface area (Å²) in [6.45, 7) is 7.65. The molecule has 4 atom stereocenters. The SMILES string of the molecule is CC(C)N(C)[C@@H]1CC[C@H](N2CCC(N)C2=O)[C@H](C)C1. The summed E-state index contributed by atoms with van der Waals surface area (Å²) in [6, 6.07) is 1.43. The van der Waals surface area contributed by atoms with Gasteiger partial charge in [0.1, 0.15) is 0 Å². The monoisotopic (exact) mass is 267 g/mol. The summed E-state index contributed by atoms with van der Waals surface area (Å²) >= 11 is 0. The number of likely N-dealkylation sites (tertiary alicyclic amines) is 1. The average molecular weight is 267 g/mol. The van der Waals surface area contributed by atoms with Gasteiger partial charge in [0.05, 0.1) is 6.04 Å². The second kappa shape index (κ2) is 5.80. The molecule has 4 nitrogen and oxygen atoms in total. The van der Waals surface area contributed by atoms with Crippen LogP contribution in [0, 0.1) is 5.92 Å². The van der Waals surface area contributed by atoms with E-state index in [1.54, 1.807) is 0 Å². The molecular formula is C15H29N3O. The number of carbonyl (C=O) groups excluding carboxylic acids is 1. The van der Waals surface area contributed by atoms with Crippen molar-refractivity contribution in [2.45, 2.75) is 70.6 Å². The zero-order valence-corrected chi connectivity index (χ0v) is 12.8. The highest BCUT2D eigenvalue weighted by molar-refractivity contribution is 5.84. The van der Waals surface area contributed by atoms with Crippen molar-refractivity contribution in [1.29, 1.82) is 0 Å². The topological polar surface area (TPSA) is 49.6 Å². The molecule has 1 saturated heterocycles. The predicted octanol–water partition coefficient (Wildman–Crippen LogP) is 1.44. The molecule has 0 spiro atoms. The Bertz CT molecular complexity index is 331. The molecule has 1 unspecified atom stereocenters. The molecule has 19 heavy (non-hydrogen) atoms. The van der Waals surface area contributed by atoms with Gasteiger partial charge in [-0.25, -0.2) is 0 Å². The maximum absolute atomic E-state index is 12.1. The van der Waals surface area contributed by atoms with E-state index in [2.05, 4.69) is 37.6 Å². The van der Waals surface area contributed by atoms with Crippen LogP contribution in [0.4, 0.5) is 0 Å². The first kappa shape index (κ1) is 14.8. The fourth-order valence-electron chi connectivity index (χ4n) is 3.66. The van der Waals surface area contributed by atoms with Crippen LogP contribution in [0.5, 0.6) is 0 Å². The van der Waals surface area contributed by atoms with Crippen LogP contribution in [-0.4, -0.2) is 53.5 Å². The van der Waals surface area contributed by atoms with E-state index < -0.39 is 0 Å². The van der Waals surface area contributed by atoms with Crippen molar-refractivity contribution in [2.75, 3.05) is 13.6 Å². The summed E-state index contributed by atoms with van der Waals surface area (Å²) in [4.78, 5) is 16.6. The zero-order chi connectivity index (χ0) is 14.2. The van der Waals surface area contributed by atoms with Gasteiger partial charge in [-0.2, -0.15) is 0 Å². The lowest BCUT2D eigenvalue weighted by Crippen LogP contribution is -2.50. The lowest BCUT2D eigenvalue weighted by atomic mass is 9.81. The summed E-state index contributed by atoms with van der Waals surface area (Å²) in [5, 5.41) is 0. The van der Waals surface area contributed by atoms with E-state index in [1.807, 2.05) is 0 Å². The normalized spacial score (nSPS) is 36.6. The van der Waals surface area contributed by atoms with Gasteiger partial charge in [-0.05, 0) is 52.5 Å². The summed E-state index contributed by atoms with van der Waals surface area (Å²) in [7, 11) is 2.22. The Labute approximate surface area is 117 Å². The van der Waals surface area contributed by atoms with Crippen molar-refractivity contribution < 1.29 is 4.79 Å². The molecule has 2 N–H and O–H groups in total. The summed E-state index contributed by atoms with van der Waals surface area (Å²) in [6.07, 6.45) is 4.35. The molecule has 0 aromatic heterocycles. The maximum Gasteiger partial charge on any atom is 0.239 e. The summed E-state index contributed by atoms with van der Waals surface area (Å²) in [5.41, 5.74) is 5.84. The van der Waals surface area contributed by atoms with Gasteiger partial charge in [-0.1, -0.05) is 6.92 Å². The highest BCUT2D eigenvalue weighted by Crippen LogP contribution is 2.33. The van der Waals surface area contributed by atoms with Crippen LogP contribution in [0.25, 0.3) is 0 Å². The van der Waals surface area contributed by atoms with E-state index in [-0.39, 0.29) is 11.9 Å². The smallest absolute Gasteiger partial charge is 0.239 e. The maximum atomic E-state index is 12.1. The van der Waals surface area contributed by atoms with Crippen molar-refractivity contribution in [2.24, 2.45) is 11.7 Å². The Morgan fingerprint density at radius 1 is 1.32 bits per heavy atom. The van der Waals surface area contributed by atoms with Crippen molar-refractivity contribution >= 4 is 5.91 Å². The summed E-state index contributed by atoms with van der Waals surface area (Å²) < 4.78 is 0. The molecule has 0 bridgehead atoms. The van der Waals surface area contributed by atoms with E-state index in [1.165, 1.54) is 12.8 Å². The van der Waals surface area contributed by atoms with Gasteiger partial charge in [-0.3, -0.25) is 4.79 Å². The fourth-order valence-corrected chi connectivity index (χ4v) is 3.66. The molecule has 0 aromatic rings. The molecule has 1 saturated carbocycles. The molecule has 2 aliphatic rings. The van der Waals surface area contributed by atoms with Crippen LogP contribution in [0.3, 0.4) is 0 Å². The molecule has 0 radical (unpaired) electrons. The number of carbonyl (C=O) groups is 1. The molecule has 0 aromatic carbocycles. The Balaban J connectivity index is 1.96. The van der Waals surface area contributed by atoms with E-state index in [0.717, 1.165) is 19.4 Å². The summed E-state index contributed by atoms with van der Waals surface area (Å²) in [5.74, 6) is 0.752. The van der Waals surface area contributed by atoms with Crippen molar-refractivity contribution in [3.05, 3.63) is 0 Å². The van der Waals surface area contributed by atoms with Crippen molar-refractivity contribution in [1.82, 2.24) is 9.80 Å². The number of amides is 1. The minimum absolute atomic E-state index is 0.174. The standard InChI is InChI=1S/C15H29N3O/c1-10(2)17(4)12-5-6-14(11(3)9-12)18-8-7-13(16)15(18)19/h10-14H,5-9,16H2,1-4H3/t11-,12-,13?,14+/m1/s1. The quantitative estimate of drug-likeness (QED) is 0.842. The third kappa shape index (κ3) is 2.95. The Morgan fingerprint density at radius 2 is 2.00 bits per heavy atom. The number of rotatable bonds is 3. The highest BCUT2D eigenvalue weighted by Gasteiger charge is 2.39. The van der Waals surface area contributed by atoms with E-state index in [0.29, 0.717) is 24.0 Å². The Hall–Kier alpha value is -0.610. The minimum atomic E-state index is -0.247. The van der Waals surface area contributed by atoms with E-state index in [4.69, 9.17) is 5.73 Å². The third-order valence-electron chi connectivity index (χ3n) is 5.17. The second-order valence-electron chi connectivity index (χ2n) is 6.70. The molecule has 110 valence electrons. The Kier molecular flexibility index (Phi) is 4.51. The fraction of sp³-hybridized carbons (Fsp3) is 0.933. The molecule has 1 aliphatic heterocycles. The average Bonchev–Trinajstić information content (AvgIpc) is 2.69. The van der Waals surface area contributed by atoms with Gasteiger partial charge in [0.25, 0.3) is 0 Å². The molecule has 1 heterocycles. The number of hydrogen-bond acceptors (Lipinski definition) is 3. The van der Waals surface area contributed by atoms with Gasteiger partial charge in [0.15, 0.2) is 0 Å². The van der Waals surface area contributed by atoms with Gasteiger partial charge in [0.2, 0.25) is 5.91 Å². The van der Waals surface area contributed by atoms with E-state index >= 15 is 0 Å². The zero-order valence-electron chi connectivity index (χ0n) is 12.8. The lowest BCUT2D eigenvalue weighted by Gasteiger charge is -2.43. The Morgan fingerprint density at radius 3 is 2.47 bits per heavy atom. The van der Waals surface area contributed by atoms with Crippen LogP contribution in [0.1, 0.15) is 46.5 Å². The first-order chi connectivity index (χ1) is 8.91.